The molecule has 0 saturated carbocycles. The Balaban J connectivity index is 2.79. The molecular formula is C13H10BrF5O2. The minimum Gasteiger partial charge on any atom is -0.450 e. The Hall–Kier alpha value is -1.44. The lowest BCUT2D eigenvalue weighted by molar-refractivity contribution is -0.164. The van der Waals surface area contributed by atoms with Crippen molar-refractivity contribution in [3.63, 3.8) is 0 Å². The van der Waals surface area contributed by atoms with Gasteiger partial charge in [0.15, 0.2) is 6.10 Å². The number of hydrogen-bond donors (Lipinski definition) is 0. The van der Waals surface area contributed by atoms with Gasteiger partial charge in [-0.2, -0.15) is 17.6 Å². The van der Waals surface area contributed by atoms with E-state index in [-0.39, 0.29) is 12.8 Å². The molecule has 21 heavy (non-hydrogen) atoms. The first-order chi connectivity index (χ1) is 9.71. The first kappa shape index (κ1) is 17.6. The van der Waals surface area contributed by atoms with E-state index in [0.717, 1.165) is 0 Å². The van der Waals surface area contributed by atoms with Gasteiger partial charge in [-0.25, -0.2) is 9.18 Å². The smallest absolute Gasteiger partial charge is 0.396 e. The maximum atomic E-state index is 13.2. The summed E-state index contributed by atoms with van der Waals surface area (Å²) in [7, 11) is 0. The maximum Gasteiger partial charge on any atom is 0.396 e. The summed E-state index contributed by atoms with van der Waals surface area (Å²) >= 11 is 1.72. The molecule has 0 radical (unpaired) electrons. The van der Waals surface area contributed by atoms with Crippen LogP contribution in [0.15, 0.2) is 42.2 Å². The van der Waals surface area contributed by atoms with Crippen LogP contribution in [-0.4, -0.2) is 16.9 Å². The van der Waals surface area contributed by atoms with Gasteiger partial charge in [0.1, 0.15) is 0 Å². The Bertz CT molecular complexity index is 509. The normalized spacial score (nSPS) is 12.7. The standard InChI is InChI=1S/C13H10BrF5O2/c14-13(18,19)12(20)21-9(10(15)11(16)17)7-6-8-4-2-1-3-5-8/h1-5,9H,6-7H2. The molecular weight excluding hydrogens is 363 g/mol. The summed E-state index contributed by atoms with van der Waals surface area (Å²) in [5, 5.41) is 0. The SMILES string of the molecule is O=C(OC(CCc1ccccc1)C(F)=C(F)F)C(F)(F)Br. The first-order valence-electron chi connectivity index (χ1n) is 5.74. The fourth-order valence-electron chi connectivity index (χ4n) is 1.50. The van der Waals surface area contributed by atoms with E-state index in [0.29, 0.717) is 5.56 Å². The average molecular weight is 373 g/mol. The summed E-state index contributed by atoms with van der Waals surface area (Å²) in [6.45, 7) is 0. The zero-order valence-electron chi connectivity index (χ0n) is 10.5. The Labute approximate surface area is 125 Å². The highest BCUT2D eigenvalue weighted by atomic mass is 79.9. The molecule has 0 amide bonds. The van der Waals surface area contributed by atoms with Gasteiger partial charge in [-0.15, -0.1) is 0 Å². The number of carbonyl (C=O) groups excluding carboxylic acids is 1. The molecule has 0 N–H and O–H groups in total. The van der Waals surface area contributed by atoms with E-state index in [1.54, 1.807) is 46.3 Å². The molecule has 1 aromatic rings. The van der Waals surface area contributed by atoms with Crippen LogP contribution < -0.4 is 0 Å². The molecule has 0 heterocycles. The van der Waals surface area contributed by atoms with Crippen LogP contribution >= 0.6 is 15.9 Å². The van der Waals surface area contributed by atoms with E-state index in [1.807, 2.05) is 0 Å². The quantitative estimate of drug-likeness (QED) is 0.414. The van der Waals surface area contributed by atoms with Gasteiger partial charge >= 0.3 is 16.9 Å². The van der Waals surface area contributed by atoms with Crippen molar-refractivity contribution in [2.75, 3.05) is 0 Å². The van der Waals surface area contributed by atoms with E-state index in [9.17, 15) is 26.7 Å². The molecule has 1 aromatic carbocycles. The van der Waals surface area contributed by atoms with Crippen LogP contribution in [0.5, 0.6) is 0 Å². The second kappa shape index (κ2) is 7.53. The molecule has 0 fully saturated rings. The summed E-state index contributed by atoms with van der Waals surface area (Å²) < 4.78 is 67.1. The lowest BCUT2D eigenvalue weighted by Gasteiger charge is -2.17. The van der Waals surface area contributed by atoms with Crippen LogP contribution in [0.4, 0.5) is 22.0 Å². The van der Waals surface area contributed by atoms with Crippen LogP contribution in [0.1, 0.15) is 12.0 Å². The molecule has 1 atom stereocenters. The van der Waals surface area contributed by atoms with E-state index in [1.165, 1.54) is 0 Å². The van der Waals surface area contributed by atoms with Crippen LogP contribution in [0, 0.1) is 0 Å². The van der Waals surface area contributed by atoms with Gasteiger partial charge in [0.2, 0.25) is 5.83 Å². The summed E-state index contributed by atoms with van der Waals surface area (Å²) in [4.78, 5) is 6.90. The molecule has 0 aliphatic carbocycles. The number of benzene rings is 1. The number of ether oxygens (including phenoxy) is 1. The van der Waals surface area contributed by atoms with Crippen LogP contribution in [-0.2, 0) is 16.0 Å². The van der Waals surface area contributed by atoms with Gasteiger partial charge in [-0.3, -0.25) is 0 Å². The molecule has 1 unspecified atom stereocenters. The van der Waals surface area contributed by atoms with Crippen LogP contribution in [0.3, 0.4) is 0 Å². The molecule has 8 heteroatoms. The van der Waals surface area contributed by atoms with Crippen molar-refractivity contribution in [3.8, 4) is 0 Å². The lowest BCUT2D eigenvalue weighted by atomic mass is 10.1. The van der Waals surface area contributed by atoms with Crippen molar-refractivity contribution >= 4 is 21.9 Å². The summed E-state index contributed by atoms with van der Waals surface area (Å²) in [5.74, 6) is -4.16. The van der Waals surface area contributed by atoms with Gasteiger partial charge < -0.3 is 4.74 Å². The fraction of sp³-hybridized carbons (Fsp3) is 0.308. The van der Waals surface area contributed by atoms with E-state index < -0.39 is 28.8 Å². The zero-order valence-corrected chi connectivity index (χ0v) is 12.0. The Morgan fingerprint density at radius 3 is 2.24 bits per heavy atom. The fourth-order valence-corrected chi connectivity index (χ4v) is 1.59. The number of halogens is 6. The van der Waals surface area contributed by atoms with Gasteiger partial charge in [0, 0.05) is 15.9 Å². The second-order valence-corrected chi connectivity index (χ2v) is 5.02. The van der Waals surface area contributed by atoms with Crippen LogP contribution in [0.25, 0.3) is 0 Å². The minimum atomic E-state index is -4.06. The largest absolute Gasteiger partial charge is 0.450 e. The molecule has 0 aliphatic rings. The third-order valence-electron chi connectivity index (χ3n) is 2.48. The molecule has 1 rings (SSSR count). The minimum absolute atomic E-state index is 0.0767. The third-order valence-corrected chi connectivity index (χ3v) is 2.81. The molecule has 0 aromatic heterocycles. The average Bonchev–Trinajstić information content (AvgIpc) is 2.42. The van der Waals surface area contributed by atoms with Gasteiger partial charge in [0.25, 0.3) is 0 Å². The highest BCUT2D eigenvalue weighted by Gasteiger charge is 2.40. The number of alkyl halides is 3. The predicted octanol–water partition coefficient (Wildman–Crippen LogP) is 4.60. The highest BCUT2D eigenvalue weighted by molar-refractivity contribution is 9.10. The van der Waals surface area contributed by atoms with Gasteiger partial charge in [-0.1, -0.05) is 30.3 Å². The second-order valence-electron chi connectivity index (χ2n) is 4.02. The monoisotopic (exact) mass is 372 g/mol. The predicted molar refractivity (Wildman–Crippen MR) is 68.9 cm³/mol. The summed E-state index contributed by atoms with van der Waals surface area (Å²) in [6, 6.07) is 8.35. The topological polar surface area (TPSA) is 26.3 Å². The molecule has 0 spiro atoms. The van der Waals surface area contributed by atoms with Crippen molar-refractivity contribution < 1.29 is 31.5 Å². The number of rotatable bonds is 6. The van der Waals surface area contributed by atoms with E-state index >= 15 is 0 Å². The maximum absolute atomic E-state index is 13.2. The molecule has 0 aliphatic heterocycles. The number of carbonyl (C=O) groups is 1. The Kier molecular flexibility index (Phi) is 6.32. The Morgan fingerprint density at radius 2 is 1.76 bits per heavy atom. The molecule has 2 nitrogen and oxygen atoms in total. The van der Waals surface area contributed by atoms with Crippen molar-refractivity contribution in [3.05, 3.63) is 47.8 Å². The highest BCUT2D eigenvalue weighted by Crippen LogP contribution is 2.27. The first-order valence-corrected chi connectivity index (χ1v) is 6.53. The molecule has 0 bridgehead atoms. The molecule has 116 valence electrons. The number of aryl methyl sites for hydroxylation is 1. The van der Waals surface area contributed by atoms with E-state index in [4.69, 9.17) is 0 Å². The zero-order chi connectivity index (χ0) is 16.0. The van der Waals surface area contributed by atoms with E-state index in [2.05, 4.69) is 4.74 Å². The Morgan fingerprint density at radius 1 is 1.19 bits per heavy atom. The lowest BCUT2D eigenvalue weighted by Crippen LogP contribution is -2.29. The van der Waals surface area contributed by atoms with Crippen molar-refractivity contribution in [2.45, 2.75) is 23.8 Å². The number of esters is 1. The van der Waals surface area contributed by atoms with Crippen molar-refractivity contribution in [2.24, 2.45) is 0 Å². The van der Waals surface area contributed by atoms with Gasteiger partial charge in [-0.05, 0) is 18.4 Å². The van der Waals surface area contributed by atoms with Crippen molar-refractivity contribution in [1.29, 1.82) is 0 Å². The third kappa shape index (κ3) is 5.82. The summed E-state index contributed by atoms with van der Waals surface area (Å²) in [5.41, 5.74) is 0.663. The van der Waals surface area contributed by atoms with Crippen molar-refractivity contribution in [1.82, 2.24) is 0 Å². The van der Waals surface area contributed by atoms with Gasteiger partial charge in [0.05, 0.1) is 0 Å². The number of hydrogen-bond acceptors (Lipinski definition) is 2. The van der Waals surface area contributed by atoms with Crippen LogP contribution in [0.2, 0.25) is 0 Å². The summed E-state index contributed by atoms with van der Waals surface area (Å²) in [6.07, 6.45) is -5.08. The molecule has 0 saturated heterocycles.